The fraction of sp³-hybridized carbons (Fsp3) is 0.625. The second-order valence-corrected chi connectivity index (χ2v) is 5.50. The first-order chi connectivity index (χ1) is 8.58. The highest BCUT2D eigenvalue weighted by Gasteiger charge is 2.00. The van der Waals surface area contributed by atoms with E-state index in [1.807, 2.05) is 0 Å². The number of benzene rings is 1. The third-order valence-corrected chi connectivity index (χ3v) is 3.13. The van der Waals surface area contributed by atoms with Crippen molar-refractivity contribution in [2.24, 2.45) is 0 Å². The lowest BCUT2D eigenvalue weighted by Crippen LogP contribution is -2.33. The quantitative estimate of drug-likeness (QED) is 0.761. The van der Waals surface area contributed by atoms with E-state index in [9.17, 15) is 0 Å². The summed E-state index contributed by atoms with van der Waals surface area (Å²) in [6.45, 7) is 9.93. The molecule has 0 unspecified atom stereocenters. The first-order valence-corrected chi connectivity index (χ1v) is 7.05. The van der Waals surface area contributed by atoms with E-state index in [4.69, 9.17) is 0 Å². The van der Waals surface area contributed by atoms with Crippen molar-refractivity contribution >= 4 is 0 Å². The molecule has 0 radical (unpaired) electrons. The van der Waals surface area contributed by atoms with E-state index in [1.165, 1.54) is 30.5 Å². The molecule has 0 aromatic heterocycles. The molecule has 18 heavy (non-hydrogen) atoms. The maximum absolute atomic E-state index is 3.45. The Balaban J connectivity index is 2.13. The van der Waals surface area contributed by atoms with Gasteiger partial charge in [-0.2, -0.15) is 0 Å². The van der Waals surface area contributed by atoms with Gasteiger partial charge in [-0.25, -0.2) is 0 Å². The molecular weight excluding hydrogens is 220 g/mol. The minimum absolute atomic E-state index is 0.589. The summed E-state index contributed by atoms with van der Waals surface area (Å²) >= 11 is 0. The lowest BCUT2D eigenvalue weighted by atomic mass is 10.1. The Labute approximate surface area is 112 Å². The zero-order valence-corrected chi connectivity index (χ0v) is 12.4. The summed E-state index contributed by atoms with van der Waals surface area (Å²) < 4.78 is 0. The molecule has 1 rings (SSSR count). The van der Waals surface area contributed by atoms with Crippen molar-refractivity contribution in [3.63, 3.8) is 0 Å². The second kappa shape index (κ2) is 8.28. The number of nitrogens with one attached hydrogen (secondary N) is 1. The van der Waals surface area contributed by atoms with Crippen LogP contribution in [-0.4, -0.2) is 37.6 Å². The van der Waals surface area contributed by atoms with Gasteiger partial charge in [0.05, 0.1) is 0 Å². The van der Waals surface area contributed by atoms with Gasteiger partial charge in [-0.1, -0.05) is 43.7 Å². The van der Waals surface area contributed by atoms with E-state index in [2.05, 4.69) is 62.3 Å². The third-order valence-electron chi connectivity index (χ3n) is 3.13. The molecule has 0 heterocycles. The molecular formula is C16H28N2. The smallest absolute Gasteiger partial charge is 0.0104 e. The Bertz CT molecular complexity index is 334. The SMILES string of the molecule is Cc1cccc(CCCN(C)CCNC(C)C)c1. The van der Waals surface area contributed by atoms with Crippen LogP contribution in [0.1, 0.15) is 31.4 Å². The molecule has 0 aliphatic carbocycles. The Kier molecular flexibility index (Phi) is 6.99. The molecule has 0 saturated heterocycles. The van der Waals surface area contributed by atoms with Gasteiger partial charge < -0.3 is 10.2 Å². The van der Waals surface area contributed by atoms with Gasteiger partial charge in [0, 0.05) is 19.1 Å². The van der Waals surface area contributed by atoms with Crippen LogP contribution in [0.5, 0.6) is 0 Å². The molecule has 0 amide bonds. The molecule has 0 saturated carbocycles. The zero-order chi connectivity index (χ0) is 13.4. The van der Waals surface area contributed by atoms with Crippen LogP contribution in [0.4, 0.5) is 0 Å². The maximum Gasteiger partial charge on any atom is 0.0104 e. The van der Waals surface area contributed by atoms with E-state index in [0.717, 1.165) is 13.1 Å². The van der Waals surface area contributed by atoms with E-state index in [0.29, 0.717) is 6.04 Å². The number of hydrogen-bond donors (Lipinski definition) is 1. The van der Waals surface area contributed by atoms with E-state index < -0.39 is 0 Å². The van der Waals surface area contributed by atoms with Gasteiger partial charge in [0.2, 0.25) is 0 Å². The summed E-state index contributed by atoms with van der Waals surface area (Å²) in [6, 6.07) is 9.42. The third kappa shape index (κ3) is 6.77. The number of nitrogens with zero attached hydrogens (tertiary/aromatic N) is 1. The van der Waals surface area contributed by atoms with Crippen LogP contribution in [0.25, 0.3) is 0 Å². The first kappa shape index (κ1) is 15.2. The molecule has 0 aliphatic heterocycles. The normalized spacial score (nSPS) is 11.4. The largest absolute Gasteiger partial charge is 0.313 e. The monoisotopic (exact) mass is 248 g/mol. The molecule has 1 N–H and O–H groups in total. The number of hydrogen-bond acceptors (Lipinski definition) is 2. The van der Waals surface area contributed by atoms with Crippen molar-refractivity contribution in [2.75, 3.05) is 26.7 Å². The molecule has 2 heteroatoms. The van der Waals surface area contributed by atoms with Crippen molar-refractivity contribution in [1.29, 1.82) is 0 Å². The molecule has 2 nitrogen and oxygen atoms in total. The van der Waals surface area contributed by atoms with Crippen molar-refractivity contribution in [3.8, 4) is 0 Å². The molecule has 0 fully saturated rings. The van der Waals surface area contributed by atoms with Crippen molar-refractivity contribution in [1.82, 2.24) is 10.2 Å². The van der Waals surface area contributed by atoms with Crippen molar-refractivity contribution in [2.45, 2.75) is 39.7 Å². The highest BCUT2D eigenvalue weighted by molar-refractivity contribution is 5.22. The number of likely N-dealkylation sites (N-methyl/N-ethyl adjacent to an activating group) is 1. The Morgan fingerprint density at radius 1 is 1.22 bits per heavy atom. The van der Waals surface area contributed by atoms with Crippen LogP contribution in [0.2, 0.25) is 0 Å². The predicted molar refractivity (Wildman–Crippen MR) is 80.1 cm³/mol. The van der Waals surface area contributed by atoms with E-state index in [-0.39, 0.29) is 0 Å². The van der Waals surface area contributed by atoms with Crippen LogP contribution in [0.15, 0.2) is 24.3 Å². The lowest BCUT2D eigenvalue weighted by molar-refractivity contribution is 0.323. The van der Waals surface area contributed by atoms with Crippen LogP contribution in [0.3, 0.4) is 0 Å². The van der Waals surface area contributed by atoms with Crippen molar-refractivity contribution in [3.05, 3.63) is 35.4 Å². The fourth-order valence-electron chi connectivity index (χ4n) is 2.08. The van der Waals surface area contributed by atoms with Crippen LogP contribution >= 0.6 is 0 Å². The zero-order valence-electron chi connectivity index (χ0n) is 12.4. The van der Waals surface area contributed by atoms with Gasteiger partial charge in [-0.15, -0.1) is 0 Å². The summed E-state index contributed by atoms with van der Waals surface area (Å²) in [5.74, 6) is 0. The highest BCUT2D eigenvalue weighted by Crippen LogP contribution is 2.06. The van der Waals surface area contributed by atoms with Gasteiger partial charge in [-0.05, 0) is 38.9 Å². The molecule has 0 aliphatic rings. The van der Waals surface area contributed by atoms with Crippen LogP contribution < -0.4 is 5.32 Å². The highest BCUT2D eigenvalue weighted by atomic mass is 15.1. The maximum atomic E-state index is 3.45. The summed E-state index contributed by atoms with van der Waals surface area (Å²) in [5.41, 5.74) is 2.82. The number of aryl methyl sites for hydroxylation is 2. The van der Waals surface area contributed by atoms with E-state index in [1.54, 1.807) is 0 Å². The molecule has 1 aromatic rings. The molecule has 0 bridgehead atoms. The first-order valence-electron chi connectivity index (χ1n) is 7.05. The fourth-order valence-corrected chi connectivity index (χ4v) is 2.08. The van der Waals surface area contributed by atoms with Crippen LogP contribution in [-0.2, 0) is 6.42 Å². The minimum Gasteiger partial charge on any atom is -0.313 e. The average Bonchev–Trinajstić information content (AvgIpc) is 2.28. The molecule has 0 spiro atoms. The Morgan fingerprint density at radius 2 is 2.00 bits per heavy atom. The van der Waals surface area contributed by atoms with Crippen LogP contribution in [0, 0.1) is 6.92 Å². The van der Waals surface area contributed by atoms with E-state index >= 15 is 0 Å². The van der Waals surface area contributed by atoms with Gasteiger partial charge in [-0.3, -0.25) is 0 Å². The average molecular weight is 248 g/mol. The molecule has 1 aromatic carbocycles. The predicted octanol–water partition coefficient (Wildman–Crippen LogP) is 2.86. The number of rotatable bonds is 8. The van der Waals surface area contributed by atoms with Gasteiger partial charge in [0.15, 0.2) is 0 Å². The summed E-state index contributed by atoms with van der Waals surface area (Å²) in [5, 5.41) is 3.45. The van der Waals surface area contributed by atoms with Gasteiger partial charge >= 0.3 is 0 Å². The van der Waals surface area contributed by atoms with Crippen molar-refractivity contribution < 1.29 is 0 Å². The molecule has 102 valence electrons. The summed E-state index contributed by atoms with van der Waals surface area (Å²) in [7, 11) is 2.21. The second-order valence-electron chi connectivity index (χ2n) is 5.50. The Hall–Kier alpha value is -0.860. The standard InChI is InChI=1S/C16H28N2/c1-14(2)17-10-12-18(4)11-6-9-16-8-5-7-15(3)13-16/h5,7-8,13-14,17H,6,9-12H2,1-4H3. The summed E-state index contributed by atoms with van der Waals surface area (Å²) in [6.07, 6.45) is 2.42. The minimum atomic E-state index is 0.589. The molecule has 0 atom stereocenters. The topological polar surface area (TPSA) is 15.3 Å². The van der Waals surface area contributed by atoms with Gasteiger partial charge in [0.25, 0.3) is 0 Å². The Morgan fingerprint density at radius 3 is 2.67 bits per heavy atom. The lowest BCUT2D eigenvalue weighted by Gasteiger charge is -2.17. The van der Waals surface area contributed by atoms with Gasteiger partial charge in [0.1, 0.15) is 0 Å². The summed E-state index contributed by atoms with van der Waals surface area (Å²) in [4.78, 5) is 2.41.